The highest BCUT2D eigenvalue weighted by Crippen LogP contribution is 2.38. The van der Waals surface area contributed by atoms with Gasteiger partial charge in [-0.15, -0.1) is 0 Å². The van der Waals surface area contributed by atoms with Crippen molar-refractivity contribution in [2.45, 2.75) is 13.2 Å². The van der Waals surface area contributed by atoms with E-state index in [1.807, 2.05) is 12.1 Å². The molecular formula is C26H18FIN2O4S. The molecule has 1 heterocycles. The SMILES string of the molecule is COc1cc(/C=C2/SC(=O)N(Cc3ccccc3F)C2=O)cc(I)c1OCc1ccccc1C#N. The molecule has 0 spiro atoms. The molecule has 1 fully saturated rings. The van der Waals surface area contributed by atoms with Crippen molar-refractivity contribution >= 4 is 51.6 Å². The van der Waals surface area contributed by atoms with Crippen LogP contribution in [0, 0.1) is 20.7 Å². The molecule has 1 aliphatic heterocycles. The van der Waals surface area contributed by atoms with Crippen LogP contribution in [0.2, 0.25) is 0 Å². The number of nitriles is 1. The second-order valence-electron chi connectivity index (χ2n) is 7.45. The lowest BCUT2D eigenvalue weighted by atomic mass is 10.1. The topological polar surface area (TPSA) is 79.6 Å². The van der Waals surface area contributed by atoms with E-state index in [0.29, 0.717) is 22.6 Å². The van der Waals surface area contributed by atoms with Crippen molar-refractivity contribution in [1.82, 2.24) is 4.90 Å². The summed E-state index contributed by atoms with van der Waals surface area (Å²) in [5, 5.41) is 8.83. The second kappa shape index (κ2) is 10.9. The number of carbonyl (C=O) groups excluding carboxylic acids is 2. The van der Waals surface area contributed by atoms with Crippen LogP contribution < -0.4 is 9.47 Å². The van der Waals surface area contributed by atoms with E-state index in [9.17, 15) is 19.2 Å². The zero-order valence-corrected chi connectivity index (χ0v) is 21.4. The molecular weight excluding hydrogens is 582 g/mol. The Morgan fingerprint density at radius 3 is 2.54 bits per heavy atom. The number of amides is 2. The number of hydrogen-bond acceptors (Lipinski definition) is 6. The molecule has 6 nitrogen and oxygen atoms in total. The molecule has 9 heteroatoms. The normalized spacial score (nSPS) is 14.3. The molecule has 4 rings (SSSR count). The molecule has 0 bridgehead atoms. The number of carbonyl (C=O) groups is 2. The second-order valence-corrected chi connectivity index (χ2v) is 9.61. The van der Waals surface area contributed by atoms with Gasteiger partial charge in [0.1, 0.15) is 12.4 Å². The lowest BCUT2D eigenvalue weighted by Gasteiger charge is -2.14. The number of thioether (sulfide) groups is 1. The lowest BCUT2D eigenvalue weighted by molar-refractivity contribution is -0.123. The molecule has 0 radical (unpaired) electrons. The van der Waals surface area contributed by atoms with Crippen molar-refractivity contribution < 1.29 is 23.5 Å². The summed E-state index contributed by atoms with van der Waals surface area (Å²) in [6.07, 6.45) is 1.60. The first-order chi connectivity index (χ1) is 16.9. The van der Waals surface area contributed by atoms with Crippen LogP contribution in [-0.4, -0.2) is 23.2 Å². The van der Waals surface area contributed by atoms with E-state index in [1.165, 1.54) is 13.2 Å². The Morgan fingerprint density at radius 1 is 1.11 bits per heavy atom. The summed E-state index contributed by atoms with van der Waals surface area (Å²) >= 11 is 2.91. The molecule has 2 amide bonds. The van der Waals surface area contributed by atoms with Gasteiger partial charge in [-0.3, -0.25) is 14.5 Å². The largest absolute Gasteiger partial charge is 0.493 e. The summed E-state index contributed by atoms with van der Waals surface area (Å²) in [6, 6.07) is 18.9. The minimum Gasteiger partial charge on any atom is -0.493 e. The van der Waals surface area contributed by atoms with Crippen LogP contribution in [0.15, 0.2) is 65.6 Å². The van der Waals surface area contributed by atoms with Gasteiger partial charge < -0.3 is 9.47 Å². The molecule has 0 saturated carbocycles. The maximum absolute atomic E-state index is 14.0. The van der Waals surface area contributed by atoms with Crippen molar-refractivity contribution in [1.29, 1.82) is 5.26 Å². The fraction of sp³-hybridized carbons (Fsp3) is 0.115. The van der Waals surface area contributed by atoms with Gasteiger partial charge in [0.05, 0.1) is 33.8 Å². The maximum Gasteiger partial charge on any atom is 0.293 e. The number of imide groups is 1. The maximum atomic E-state index is 14.0. The fourth-order valence-corrected chi connectivity index (χ4v) is 5.07. The average molecular weight is 600 g/mol. The Labute approximate surface area is 219 Å². The zero-order valence-electron chi connectivity index (χ0n) is 18.5. The molecule has 0 aromatic heterocycles. The molecule has 0 N–H and O–H groups in total. The summed E-state index contributed by atoms with van der Waals surface area (Å²) in [7, 11) is 1.51. The van der Waals surface area contributed by atoms with Crippen molar-refractivity contribution in [3.05, 3.63) is 97.2 Å². The van der Waals surface area contributed by atoms with Crippen LogP contribution in [0.1, 0.15) is 22.3 Å². The summed E-state index contributed by atoms with van der Waals surface area (Å²) in [6.45, 7) is 0.0524. The lowest BCUT2D eigenvalue weighted by Crippen LogP contribution is -2.27. The molecule has 0 aliphatic carbocycles. The first kappa shape index (κ1) is 24.8. The summed E-state index contributed by atoms with van der Waals surface area (Å²) < 4.78 is 26.2. The Bertz CT molecular complexity index is 1390. The highest BCUT2D eigenvalue weighted by Gasteiger charge is 2.35. The number of benzene rings is 3. The highest BCUT2D eigenvalue weighted by atomic mass is 127. The van der Waals surface area contributed by atoms with Gasteiger partial charge in [0.15, 0.2) is 11.5 Å². The third-order valence-corrected chi connectivity index (χ3v) is 6.93. The smallest absolute Gasteiger partial charge is 0.293 e. The van der Waals surface area contributed by atoms with Gasteiger partial charge in [-0.1, -0.05) is 36.4 Å². The van der Waals surface area contributed by atoms with Crippen molar-refractivity contribution in [3.8, 4) is 17.6 Å². The van der Waals surface area contributed by atoms with Gasteiger partial charge in [-0.05, 0) is 70.3 Å². The first-order valence-electron chi connectivity index (χ1n) is 10.4. The number of halogens is 2. The molecule has 0 atom stereocenters. The van der Waals surface area contributed by atoms with E-state index in [1.54, 1.807) is 48.5 Å². The van der Waals surface area contributed by atoms with E-state index in [4.69, 9.17) is 9.47 Å². The molecule has 3 aromatic carbocycles. The molecule has 1 aliphatic rings. The Morgan fingerprint density at radius 2 is 1.83 bits per heavy atom. The van der Waals surface area contributed by atoms with Crippen molar-refractivity contribution in [2.75, 3.05) is 7.11 Å². The predicted molar refractivity (Wildman–Crippen MR) is 139 cm³/mol. The number of nitrogens with zero attached hydrogens (tertiary/aromatic N) is 2. The van der Waals surface area contributed by atoms with E-state index in [0.717, 1.165) is 25.8 Å². The standard InChI is InChI=1S/C26H18FIN2O4S/c1-33-22-11-16(10-21(28)24(22)34-15-19-8-3-2-6-17(19)13-29)12-23-25(31)30(26(32)35-23)14-18-7-4-5-9-20(18)27/h2-12H,14-15H2,1H3/b23-12+. The van der Waals surface area contributed by atoms with Gasteiger partial charge in [-0.25, -0.2) is 4.39 Å². The van der Waals surface area contributed by atoms with E-state index in [-0.39, 0.29) is 23.6 Å². The highest BCUT2D eigenvalue weighted by molar-refractivity contribution is 14.1. The Kier molecular flexibility index (Phi) is 7.73. The third-order valence-electron chi connectivity index (χ3n) is 5.22. The van der Waals surface area contributed by atoms with Crippen LogP contribution in [0.3, 0.4) is 0 Å². The number of rotatable bonds is 7. The van der Waals surface area contributed by atoms with Crippen LogP contribution in [-0.2, 0) is 17.9 Å². The van der Waals surface area contributed by atoms with E-state index >= 15 is 0 Å². The molecule has 176 valence electrons. The van der Waals surface area contributed by atoms with Gasteiger partial charge in [0.2, 0.25) is 0 Å². The quantitative estimate of drug-likeness (QED) is 0.240. The van der Waals surface area contributed by atoms with Crippen molar-refractivity contribution in [3.63, 3.8) is 0 Å². The third kappa shape index (κ3) is 5.49. The molecule has 3 aromatic rings. The molecule has 0 unspecified atom stereocenters. The average Bonchev–Trinajstić information content (AvgIpc) is 3.11. The van der Waals surface area contributed by atoms with Crippen LogP contribution >= 0.6 is 34.4 Å². The van der Waals surface area contributed by atoms with Gasteiger partial charge >= 0.3 is 0 Å². The van der Waals surface area contributed by atoms with Gasteiger partial charge in [-0.2, -0.15) is 5.26 Å². The summed E-state index contributed by atoms with van der Waals surface area (Å²) in [5.74, 6) is 0.00212. The van der Waals surface area contributed by atoms with E-state index in [2.05, 4.69) is 28.7 Å². The Hall–Kier alpha value is -3.36. The van der Waals surface area contributed by atoms with Crippen LogP contribution in [0.5, 0.6) is 11.5 Å². The summed E-state index contributed by atoms with van der Waals surface area (Å²) in [5.41, 5.74) is 2.20. The van der Waals surface area contributed by atoms with Crippen molar-refractivity contribution in [2.24, 2.45) is 0 Å². The minimum atomic E-state index is -0.481. The summed E-state index contributed by atoms with van der Waals surface area (Å²) in [4.78, 5) is 26.6. The van der Waals surface area contributed by atoms with Crippen LogP contribution in [0.4, 0.5) is 9.18 Å². The minimum absolute atomic E-state index is 0.132. The monoisotopic (exact) mass is 600 g/mol. The van der Waals surface area contributed by atoms with Gasteiger partial charge in [0, 0.05) is 11.1 Å². The number of methoxy groups -OCH3 is 1. The number of ether oxygens (including phenoxy) is 2. The fourth-order valence-electron chi connectivity index (χ4n) is 3.45. The Balaban J connectivity index is 1.55. The van der Waals surface area contributed by atoms with E-state index < -0.39 is 17.0 Å². The molecule has 35 heavy (non-hydrogen) atoms. The van der Waals surface area contributed by atoms with Gasteiger partial charge in [0.25, 0.3) is 11.1 Å². The molecule has 1 saturated heterocycles. The number of hydrogen-bond donors (Lipinski definition) is 0. The predicted octanol–water partition coefficient (Wildman–Crippen LogP) is 6.13. The van der Waals surface area contributed by atoms with Crippen LogP contribution in [0.25, 0.3) is 6.08 Å². The first-order valence-corrected chi connectivity index (χ1v) is 12.3. The zero-order chi connectivity index (χ0) is 24.9.